The van der Waals surface area contributed by atoms with E-state index in [-0.39, 0.29) is 18.1 Å². The zero-order valence-corrected chi connectivity index (χ0v) is 14.7. The van der Waals surface area contributed by atoms with Crippen molar-refractivity contribution in [1.82, 2.24) is 15.3 Å². The molecule has 0 bridgehead atoms. The molecule has 0 aliphatic rings. The third-order valence-electron chi connectivity index (χ3n) is 3.27. The van der Waals surface area contributed by atoms with Gasteiger partial charge < -0.3 is 15.1 Å². The monoisotopic (exact) mass is 376 g/mol. The van der Waals surface area contributed by atoms with Crippen molar-refractivity contribution in [2.24, 2.45) is 0 Å². The molecule has 2 aromatic heterocycles. The van der Waals surface area contributed by atoms with Gasteiger partial charge in [-0.05, 0) is 37.3 Å². The summed E-state index contributed by atoms with van der Waals surface area (Å²) in [6, 6.07) is 10.1. The van der Waals surface area contributed by atoms with Crippen molar-refractivity contribution < 1.29 is 9.21 Å². The lowest BCUT2D eigenvalue weighted by atomic mass is 10.3. The first-order valence-electron chi connectivity index (χ1n) is 7.39. The van der Waals surface area contributed by atoms with E-state index in [1.54, 1.807) is 49.6 Å². The predicted octanol–water partition coefficient (Wildman–Crippen LogP) is 4.36. The summed E-state index contributed by atoms with van der Waals surface area (Å²) in [6.07, 6.45) is 1.55. The molecule has 0 saturated carbocycles. The highest BCUT2D eigenvalue weighted by Gasteiger charge is 2.12. The maximum Gasteiger partial charge on any atom is 0.270 e. The van der Waals surface area contributed by atoms with Gasteiger partial charge in [0.2, 0.25) is 0 Å². The molecule has 8 heteroatoms. The van der Waals surface area contributed by atoms with Crippen LogP contribution >= 0.6 is 23.2 Å². The Morgan fingerprint density at radius 1 is 1.20 bits per heavy atom. The van der Waals surface area contributed by atoms with Crippen LogP contribution in [-0.2, 0) is 6.54 Å². The SMILES string of the molecule is Cc1nc(Nc2cc(Cl)ccc2Cl)cc(C(=O)NCc2ccco2)n1. The van der Waals surface area contributed by atoms with Crippen molar-refractivity contribution in [2.75, 3.05) is 5.32 Å². The Morgan fingerprint density at radius 2 is 2.04 bits per heavy atom. The molecule has 2 N–H and O–H groups in total. The molecule has 3 rings (SSSR count). The fourth-order valence-electron chi connectivity index (χ4n) is 2.15. The van der Waals surface area contributed by atoms with Crippen LogP contribution in [0, 0.1) is 6.92 Å². The molecule has 0 saturated heterocycles. The summed E-state index contributed by atoms with van der Waals surface area (Å²) >= 11 is 12.1. The average molecular weight is 377 g/mol. The van der Waals surface area contributed by atoms with Crippen LogP contribution in [0.5, 0.6) is 0 Å². The molecule has 0 atom stereocenters. The predicted molar refractivity (Wildman–Crippen MR) is 96.4 cm³/mol. The van der Waals surface area contributed by atoms with E-state index in [1.165, 1.54) is 0 Å². The summed E-state index contributed by atoms with van der Waals surface area (Å²) in [6.45, 7) is 1.98. The first-order valence-corrected chi connectivity index (χ1v) is 8.15. The van der Waals surface area contributed by atoms with Crippen molar-refractivity contribution in [3.05, 3.63) is 70.0 Å². The Labute approximate surface area is 154 Å². The Morgan fingerprint density at radius 3 is 2.80 bits per heavy atom. The van der Waals surface area contributed by atoms with Crippen LogP contribution in [0.3, 0.4) is 0 Å². The van der Waals surface area contributed by atoms with Gasteiger partial charge in [-0.1, -0.05) is 23.2 Å². The van der Waals surface area contributed by atoms with E-state index in [1.807, 2.05) is 0 Å². The van der Waals surface area contributed by atoms with E-state index >= 15 is 0 Å². The standard InChI is InChI=1S/C17H14Cl2N4O2/c1-10-21-15(17(24)20-9-12-3-2-6-25-12)8-16(22-10)23-14-7-11(18)4-5-13(14)19/h2-8H,9H2,1H3,(H,20,24)(H,21,22,23). The molecule has 1 amide bonds. The highest BCUT2D eigenvalue weighted by molar-refractivity contribution is 6.35. The maximum absolute atomic E-state index is 12.3. The molecular formula is C17H14Cl2N4O2. The number of rotatable bonds is 5. The van der Waals surface area contributed by atoms with Crippen LogP contribution in [0.25, 0.3) is 0 Å². The topological polar surface area (TPSA) is 80.0 Å². The average Bonchev–Trinajstić information content (AvgIpc) is 3.09. The van der Waals surface area contributed by atoms with E-state index in [0.717, 1.165) is 0 Å². The highest BCUT2D eigenvalue weighted by Crippen LogP contribution is 2.28. The zero-order valence-electron chi connectivity index (χ0n) is 13.2. The minimum Gasteiger partial charge on any atom is -0.467 e. The third-order valence-corrected chi connectivity index (χ3v) is 3.83. The number of nitrogens with zero attached hydrogens (tertiary/aromatic N) is 2. The first-order chi connectivity index (χ1) is 12.0. The van der Waals surface area contributed by atoms with Gasteiger partial charge in [-0.25, -0.2) is 9.97 Å². The van der Waals surface area contributed by atoms with Crippen molar-refractivity contribution in [3.8, 4) is 0 Å². The van der Waals surface area contributed by atoms with Crippen LogP contribution in [0.4, 0.5) is 11.5 Å². The molecule has 0 fully saturated rings. The number of amides is 1. The molecule has 6 nitrogen and oxygen atoms in total. The molecule has 0 spiro atoms. The lowest BCUT2D eigenvalue weighted by Crippen LogP contribution is -2.24. The van der Waals surface area contributed by atoms with E-state index in [0.29, 0.717) is 33.1 Å². The smallest absolute Gasteiger partial charge is 0.270 e. The van der Waals surface area contributed by atoms with Crippen molar-refractivity contribution in [3.63, 3.8) is 0 Å². The molecule has 0 aliphatic heterocycles. The summed E-state index contributed by atoms with van der Waals surface area (Å²) in [5.74, 6) is 1.22. The van der Waals surface area contributed by atoms with Gasteiger partial charge in [0.1, 0.15) is 23.1 Å². The largest absolute Gasteiger partial charge is 0.467 e. The van der Waals surface area contributed by atoms with Gasteiger partial charge in [0, 0.05) is 11.1 Å². The van der Waals surface area contributed by atoms with E-state index in [9.17, 15) is 4.79 Å². The van der Waals surface area contributed by atoms with E-state index in [2.05, 4.69) is 20.6 Å². The minimum absolute atomic E-state index is 0.236. The molecule has 2 heterocycles. The third kappa shape index (κ3) is 4.49. The fourth-order valence-corrected chi connectivity index (χ4v) is 2.49. The molecule has 0 aliphatic carbocycles. The summed E-state index contributed by atoms with van der Waals surface area (Å²) < 4.78 is 5.18. The number of aryl methyl sites for hydroxylation is 1. The van der Waals surface area contributed by atoms with Crippen molar-refractivity contribution >= 4 is 40.6 Å². The summed E-state index contributed by atoms with van der Waals surface area (Å²) in [4.78, 5) is 20.7. The molecular weight excluding hydrogens is 363 g/mol. The molecule has 3 aromatic rings. The zero-order chi connectivity index (χ0) is 17.8. The molecule has 0 radical (unpaired) electrons. The number of carbonyl (C=O) groups is 1. The van der Waals surface area contributed by atoms with E-state index < -0.39 is 0 Å². The number of aromatic nitrogens is 2. The molecule has 0 unspecified atom stereocenters. The number of halogens is 2. The number of nitrogens with one attached hydrogen (secondary N) is 2. The van der Waals surface area contributed by atoms with Gasteiger partial charge in [0.05, 0.1) is 23.5 Å². The van der Waals surface area contributed by atoms with Crippen molar-refractivity contribution in [1.29, 1.82) is 0 Å². The molecule has 25 heavy (non-hydrogen) atoms. The van der Waals surface area contributed by atoms with Gasteiger partial charge in [0.25, 0.3) is 5.91 Å². The first kappa shape index (κ1) is 17.3. The lowest BCUT2D eigenvalue weighted by molar-refractivity contribution is 0.0942. The normalized spacial score (nSPS) is 10.5. The number of hydrogen-bond acceptors (Lipinski definition) is 5. The summed E-state index contributed by atoms with van der Waals surface area (Å²) in [5, 5.41) is 6.82. The number of hydrogen-bond donors (Lipinski definition) is 2. The Bertz CT molecular complexity index is 898. The molecule has 1 aromatic carbocycles. The second kappa shape index (κ2) is 7.55. The van der Waals surface area contributed by atoms with Crippen LogP contribution < -0.4 is 10.6 Å². The minimum atomic E-state index is -0.331. The van der Waals surface area contributed by atoms with Gasteiger partial charge in [-0.2, -0.15) is 0 Å². The highest BCUT2D eigenvalue weighted by atomic mass is 35.5. The summed E-state index contributed by atoms with van der Waals surface area (Å²) in [5.41, 5.74) is 0.828. The van der Waals surface area contributed by atoms with Gasteiger partial charge >= 0.3 is 0 Å². The Hall–Kier alpha value is -2.57. The number of benzene rings is 1. The second-order valence-corrected chi connectivity index (χ2v) is 6.04. The van der Waals surface area contributed by atoms with Crippen LogP contribution in [0.1, 0.15) is 22.1 Å². The molecule has 128 valence electrons. The van der Waals surface area contributed by atoms with Gasteiger partial charge in [-0.15, -0.1) is 0 Å². The fraction of sp³-hybridized carbons (Fsp3) is 0.118. The lowest BCUT2D eigenvalue weighted by Gasteiger charge is -2.10. The second-order valence-electron chi connectivity index (χ2n) is 5.20. The van der Waals surface area contributed by atoms with Crippen molar-refractivity contribution in [2.45, 2.75) is 13.5 Å². The summed E-state index contributed by atoms with van der Waals surface area (Å²) in [7, 11) is 0. The number of carbonyl (C=O) groups excluding carboxylic acids is 1. The van der Waals surface area contributed by atoms with Gasteiger partial charge in [-0.3, -0.25) is 4.79 Å². The van der Waals surface area contributed by atoms with Crippen LogP contribution in [0.15, 0.2) is 47.1 Å². The number of anilines is 2. The quantitative estimate of drug-likeness (QED) is 0.691. The number of furan rings is 1. The van der Waals surface area contributed by atoms with Crippen LogP contribution in [0.2, 0.25) is 10.0 Å². The Balaban J connectivity index is 1.77. The maximum atomic E-state index is 12.3. The van der Waals surface area contributed by atoms with Gasteiger partial charge in [0.15, 0.2) is 0 Å². The van der Waals surface area contributed by atoms with Crippen LogP contribution in [-0.4, -0.2) is 15.9 Å². The Kier molecular flexibility index (Phi) is 5.21. The van der Waals surface area contributed by atoms with E-state index in [4.69, 9.17) is 27.6 Å².